The van der Waals surface area contributed by atoms with Crippen molar-refractivity contribution in [2.75, 3.05) is 0 Å². The van der Waals surface area contributed by atoms with Crippen LogP contribution in [0.25, 0.3) is 11.4 Å². The summed E-state index contributed by atoms with van der Waals surface area (Å²) in [5, 5.41) is 0.707. The van der Waals surface area contributed by atoms with Gasteiger partial charge in [0.2, 0.25) is 0 Å². The number of rotatable bonds is 4. The third-order valence-electron chi connectivity index (χ3n) is 5.66. The van der Waals surface area contributed by atoms with Gasteiger partial charge in [0.15, 0.2) is 5.82 Å². The third-order valence-corrected chi connectivity index (χ3v) is 5.91. The van der Waals surface area contributed by atoms with Crippen LogP contribution in [0.15, 0.2) is 54.7 Å². The minimum Gasteiger partial charge on any atom is -0.489 e. The van der Waals surface area contributed by atoms with E-state index in [4.69, 9.17) is 26.1 Å². The van der Waals surface area contributed by atoms with Crippen molar-refractivity contribution in [3.63, 3.8) is 0 Å². The van der Waals surface area contributed by atoms with E-state index in [9.17, 15) is 4.79 Å². The van der Waals surface area contributed by atoms with Crippen LogP contribution in [0.4, 0.5) is 4.79 Å². The normalized spacial score (nSPS) is 14.9. The molecule has 0 bridgehead atoms. The lowest BCUT2D eigenvalue weighted by Crippen LogP contribution is -2.53. The Morgan fingerprint density at radius 1 is 1.09 bits per heavy atom. The van der Waals surface area contributed by atoms with Crippen LogP contribution in [0.3, 0.4) is 0 Å². The molecule has 0 spiro atoms. The van der Waals surface area contributed by atoms with Crippen LogP contribution >= 0.6 is 11.6 Å². The van der Waals surface area contributed by atoms with Gasteiger partial charge in [-0.2, -0.15) is 0 Å². The average Bonchev–Trinajstić information content (AvgIpc) is 2.76. The Morgan fingerprint density at radius 3 is 2.41 bits per heavy atom. The second-order valence-electron chi connectivity index (χ2n) is 10.2. The number of carbonyl (C=O) groups excluding carboxylic acids is 1. The lowest BCUT2D eigenvalue weighted by Gasteiger charge is -2.42. The molecule has 2 aromatic carbocycles. The van der Waals surface area contributed by atoms with Gasteiger partial charge in [-0.25, -0.2) is 14.8 Å². The number of carbonyl (C=O) groups is 1. The summed E-state index contributed by atoms with van der Waals surface area (Å²) in [4.78, 5) is 23.9. The molecular formula is C27H30ClN3O3. The molecule has 34 heavy (non-hydrogen) atoms. The molecule has 0 unspecified atom stereocenters. The van der Waals surface area contributed by atoms with Crippen LogP contribution in [-0.2, 0) is 24.3 Å². The zero-order valence-electron chi connectivity index (χ0n) is 20.3. The van der Waals surface area contributed by atoms with E-state index in [1.54, 1.807) is 4.90 Å². The predicted molar refractivity (Wildman–Crippen MR) is 133 cm³/mol. The molecule has 0 saturated heterocycles. The lowest BCUT2D eigenvalue weighted by molar-refractivity contribution is -0.00292. The van der Waals surface area contributed by atoms with Crippen molar-refractivity contribution in [3.8, 4) is 17.1 Å². The molecule has 1 aromatic heterocycles. The molecule has 0 fully saturated rings. The maximum atomic E-state index is 12.8. The topological polar surface area (TPSA) is 64.5 Å². The molecule has 1 aliphatic rings. The molecule has 178 valence electrons. The first-order chi connectivity index (χ1) is 16.0. The van der Waals surface area contributed by atoms with E-state index < -0.39 is 11.1 Å². The largest absolute Gasteiger partial charge is 0.489 e. The van der Waals surface area contributed by atoms with Gasteiger partial charge >= 0.3 is 6.09 Å². The van der Waals surface area contributed by atoms with Crippen molar-refractivity contribution < 1.29 is 14.3 Å². The fourth-order valence-electron chi connectivity index (χ4n) is 3.83. The molecule has 1 amide bonds. The first-order valence-electron chi connectivity index (χ1n) is 11.3. The molecule has 4 rings (SSSR count). The second-order valence-corrected chi connectivity index (χ2v) is 10.6. The van der Waals surface area contributed by atoms with Gasteiger partial charge in [0, 0.05) is 34.3 Å². The first-order valence-corrected chi connectivity index (χ1v) is 11.7. The fraction of sp³-hybridized carbons (Fsp3) is 0.370. The molecule has 2 heterocycles. The highest BCUT2D eigenvalue weighted by atomic mass is 35.5. The van der Waals surface area contributed by atoms with E-state index in [-0.39, 0.29) is 6.09 Å². The fourth-order valence-corrected chi connectivity index (χ4v) is 3.96. The zero-order valence-corrected chi connectivity index (χ0v) is 21.0. The quantitative estimate of drug-likeness (QED) is 0.430. The molecule has 1 aliphatic heterocycles. The molecule has 0 atom stereocenters. The van der Waals surface area contributed by atoms with E-state index in [0.717, 1.165) is 28.1 Å². The first kappa shape index (κ1) is 24.0. The predicted octanol–water partition coefficient (Wildman–Crippen LogP) is 6.45. The highest BCUT2D eigenvalue weighted by Crippen LogP contribution is 2.32. The van der Waals surface area contributed by atoms with Crippen molar-refractivity contribution in [2.24, 2.45) is 0 Å². The molecule has 6 nitrogen and oxygen atoms in total. The van der Waals surface area contributed by atoms with Crippen molar-refractivity contribution in [2.45, 2.75) is 65.3 Å². The number of hydrogen-bond acceptors (Lipinski definition) is 5. The Labute approximate surface area is 205 Å². The summed E-state index contributed by atoms with van der Waals surface area (Å²) in [5.41, 5.74) is 2.90. The highest BCUT2D eigenvalue weighted by Gasteiger charge is 2.39. The van der Waals surface area contributed by atoms with Crippen LogP contribution in [0, 0.1) is 0 Å². The van der Waals surface area contributed by atoms with Crippen LogP contribution in [0.1, 0.15) is 51.4 Å². The molecule has 7 heteroatoms. The summed E-state index contributed by atoms with van der Waals surface area (Å²) in [5.74, 6) is 1.43. The van der Waals surface area contributed by atoms with Crippen molar-refractivity contribution >= 4 is 17.7 Å². The minimum absolute atomic E-state index is 0.318. The lowest BCUT2D eigenvalue weighted by atomic mass is 9.89. The van der Waals surface area contributed by atoms with Gasteiger partial charge in [-0.05, 0) is 76.6 Å². The SMILES string of the molecule is CC(C)(C)OC(=O)N1Cc2cnc(-c3ccc(OCc4ccc(Cl)cc4)cc3)nc2CC1(C)C. The standard InChI is InChI=1S/C27H30ClN3O3/c1-26(2,3)34-25(32)31-16-20-15-29-24(30-23(20)14-27(31,4)5)19-8-12-22(13-9-19)33-17-18-6-10-21(28)11-7-18/h6-13,15H,14,16-17H2,1-5H3. The van der Waals surface area contributed by atoms with E-state index >= 15 is 0 Å². The molecule has 0 saturated carbocycles. The van der Waals surface area contributed by atoms with Gasteiger partial charge in [-0.3, -0.25) is 4.90 Å². The Bertz CT molecular complexity index is 1170. The van der Waals surface area contributed by atoms with Crippen LogP contribution in [-0.4, -0.2) is 32.1 Å². The monoisotopic (exact) mass is 479 g/mol. The van der Waals surface area contributed by atoms with E-state index in [2.05, 4.69) is 4.98 Å². The third kappa shape index (κ3) is 5.68. The van der Waals surface area contributed by atoms with E-state index in [1.807, 2.05) is 89.3 Å². The van der Waals surface area contributed by atoms with Crippen molar-refractivity contribution in [3.05, 3.63) is 76.6 Å². The van der Waals surface area contributed by atoms with Gasteiger partial charge in [-0.1, -0.05) is 23.7 Å². The van der Waals surface area contributed by atoms with Gasteiger partial charge in [-0.15, -0.1) is 0 Å². The van der Waals surface area contributed by atoms with E-state index in [0.29, 0.717) is 30.4 Å². The van der Waals surface area contributed by atoms with Crippen LogP contribution in [0.5, 0.6) is 5.75 Å². The van der Waals surface area contributed by atoms with Gasteiger partial charge in [0.1, 0.15) is 18.0 Å². The smallest absolute Gasteiger partial charge is 0.411 e. The summed E-state index contributed by atoms with van der Waals surface area (Å²) < 4.78 is 11.5. The second kappa shape index (κ2) is 9.26. The Morgan fingerprint density at radius 2 is 1.76 bits per heavy atom. The Balaban J connectivity index is 1.46. The zero-order chi connectivity index (χ0) is 24.5. The molecular weight excluding hydrogens is 450 g/mol. The Hall–Kier alpha value is -3.12. The molecule has 0 radical (unpaired) electrons. The number of benzene rings is 2. The number of aromatic nitrogens is 2. The van der Waals surface area contributed by atoms with Crippen LogP contribution < -0.4 is 4.74 Å². The minimum atomic E-state index is -0.543. The van der Waals surface area contributed by atoms with Gasteiger partial charge in [0.25, 0.3) is 0 Å². The average molecular weight is 480 g/mol. The highest BCUT2D eigenvalue weighted by molar-refractivity contribution is 6.30. The summed E-state index contributed by atoms with van der Waals surface area (Å²) in [6.45, 7) is 10.6. The number of amides is 1. The molecule has 0 aliphatic carbocycles. The number of fused-ring (bicyclic) bond motifs is 1. The van der Waals surface area contributed by atoms with Gasteiger partial charge < -0.3 is 9.47 Å². The molecule has 0 N–H and O–H groups in total. The summed E-state index contributed by atoms with van der Waals surface area (Å²) >= 11 is 5.93. The summed E-state index contributed by atoms with van der Waals surface area (Å²) in [6.07, 6.45) is 2.12. The number of halogens is 1. The van der Waals surface area contributed by atoms with Crippen molar-refractivity contribution in [1.82, 2.24) is 14.9 Å². The Kier molecular flexibility index (Phi) is 6.54. The maximum Gasteiger partial charge on any atom is 0.411 e. The van der Waals surface area contributed by atoms with Crippen molar-refractivity contribution in [1.29, 1.82) is 0 Å². The summed E-state index contributed by atoms with van der Waals surface area (Å²) in [7, 11) is 0. The molecule has 3 aromatic rings. The number of hydrogen-bond donors (Lipinski definition) is 0. The number of ether oxygens (including phenoxy) is 2. The summed E-state index contributed by atoms with van der Waals surface area (Å²) in [6, 6.07) is 15.4. The maximum absolute atomic E-state index is 12.8. The van der Waals surface area contributed by atoms with Gasteiger partial charge in [0.05, 0.1) is 12.2 Å². The van der Waals surface area contributed by atoms with E-state index in [1.165, 1.54) is 0 Å². The number of nitrogens with zero attached hydrogens (tertiary/aromatic N) is 3. The van der Waals surface area contributed by atoms with Crippen LogP contribution in [0.2, 0.25) is 5.02 Å².